The molecule has 6 heteroatoms. The van der Waals surface area contributed by atoms with Crippen LogP contribution < -0.4 is 4.90 Å². The van der Waals surface area contributed by atoms with Crippen LogP contribution in [0.1, 0.15) is 37.0 Å². The van der Waals surface area contributed by atoms with Crippen LogP contribution in [0.4, 0.5) is 10.6 Å². The predicted molar refractivity (Wildman–Crippen MR) is 130 cm³/mol. The lowest BCUT2D eigenvalue weighted by atomic mass is 10.0. The van der Waals surface area contributed by atoms with Gasteiger partial charge in [-0.3, -0.25) is 4.90 Å². The number of para-hydroxylation sites is 1. The number of hydrogen-bond acceptors (Lipinski definition) is 4. The third-order valence-corrected chi connectivity index (χ3v) is 6.64. The number of aromatic nitrogens is 1. The summed E-state index contributed by atoms with van der Waals surface area (Å²) in [6.45, 7) is 5.69. The first kappa shape index (κ1) is 21.5. The second kappa shape index (κ2) is 8.52. The maximum atomic E-state index is 11.8. The number of carbonyl (C=O) groups is 1. The van der Waals surface area contributed by atoms with Crippen molar-refractivity contribution in [1.82, 2.24) is 9.88 Å². The van der Waals surface area contributed by atoms with Gasteiger partial charge in [0.05, 0.1) is 18.2 Å². The number of hydrogen-bond donors (Lipinski definition) is 1. The van der Waals surface area contributed by atoms with Crippen LogP contribution in [-0.4, -0.2) is 46.0 Å². The fourth-order valence-electron chi connectivity index (χ4n) is 4.95. The van der Waals surface area contributed by atoms with Crippen LogP contribution >= 0.6 is 0 Å². The van der Waals surface area contributed by atoms with Gasteiger partial charge >= 0.3 is 6.09 Å². The standard InChI is InChI=1S/C27H29N3O3/c1-27(2)30(26(31)32)22(18-33-27)14-13-20-16-25(28-24-12-6-5-11-23(20)24)29-15-7-10-19-8-3-4-9-21(19)17-29/h3-6,8-9,11-14,16,22H,7,10,15,17-18H2,1-2H3,(H,31,32)/b14-13+. The number of rotatable bonds is 3. The molecule has 2 aromatic carbocycles. The summed E-state index contributed by atoms with van der Waals surface area (Å²) in [7, 11) is 0. The summed E-state index contributed by atoms with van der Waals surface area (Å²) >= 11 is 0. The first-order valence-corrected chi connectivity index (χ1v) is 11.5. The fourth-order valence-corrected chi connectivity index (χ4v) is 4.95. The van der Waals surface area contributed by atoms with E-state index >= 15 is 0 Å². The molecule has 2 aliphatic rings. The SMILES string of the molecule is CC1(C)OCC(/C=C/c2cc(N3CCCc4ccccc4C3)nc3ccccc23)N1C(=O)O. The summed E-state index contributed by atoms with van der Waals surface area (Å²) in [5.41, 5.74) is 3.89. The third-order valence-electron chi connectivity index (χ3n) is 6.64. The van der Waals surface area contributed by atoms with Crippen molar-refractivity contribution in [3.63, 3.8) is 0 Å². The molecule has 1 saturated heterocycles. The summed E-state index contributed by atoms with van der Waals surface area (Å²) in [6.07, 6.45) is 5.14. The lowest BCUT2D eigenvalue weighted by Gasteiger charge is -2.29. The summed E-state index contributed by atoms with van der Waals surface area (Å²) < 4.78 is 5.74. The smallest absolute Gasteiger partial charge is 0.410 e. The lowest BCUT2D eigenvalue weighted by molar-refractivity contribution is -0.0409. The van der Waals surface area contributed by atoms with Gasteiger partial charge in [-0.15, -0.1) is 0 Å². The molecule has 6 nitrogen and oxygen atoms in total. The van der Waals surface area contributed by atoms with Crippen LogP contribution in [0.5, 0.6) is 0 Å². The van der Waals surface area contributed by atoms with Crippen LogP contribution in [0.2, 0.25) is 0 Å². The minimum absolute atomic E-state index is 0.335. The van der Waals surface area contributed by atoms with E-state index in [0.29, 0.717) is 6.61 Å². The number of fused-ring (bicyclic) bond motifs is 2. The predicted octanol–water partition coefficient (Wildman–Crippen LogP) is 5.32. The Morgan fingerprint density at radius 2 is 1.91 bits per heavy atom. The van der Waals surface area contributed by atoms with Crippen LogP contribution in [0, 0.1) is 0 Å². The summed E-state index contributed by atoms with van der Waals surface area (Å²) in [5.74, 6) is 0.947. The molecule has 1 N–H and O–H groups in total. The van der Waals surface area contributed by atoms with E-state index < -0.39 is 11.8 Å². The first-order chi connectivity index (χ1) is 15.9. The highest BCUT2D eigenvalue weighted by molar-refractivity contribution is 5.89. The maximum absolute atomic E-state index is 11.8. The van der Waals surface area contributed by atoms with Crippen LogP contribution in [0.3, 0.4) is 0 Å². The average molecular weight is 444 g/mol. The molecule has 33 heavy (non-hydrogen) atoms. The summed E-state index contributed by atoms with van der Waals surface area (Å²) in [4.78, 5) is 20.5. The van der Waals surface area contributed by atoms with Gasteiger partial charge in [-0.1, -0.05) is 54.6 Å². The summed E-state index contributed by atoms with van der Waals surface area (Å²) in [6, 6.07) is 18.5. The second-order valence-corrected chi connectivity index (χ2v) is 9.22. The van der Waals surface area contributed by atoms with Gasteiger partial charge in [-0.2, -0.15) is 0 Å². The van der Waals surface area contributed by atoms with Gasteiger partial charge < -0.3 is 14.7 Å². The highest BCUT2D eigenvalue weighted by Crippen LogP contribution is 2.31. The highest BCUT2D eigenvalue weighted by Gasteiger charge is 2.42. The maximum Gasteiger partial charge on any atom is 0.410 e. The van der Waals surface area contributed by atoms with Crippen molar-refractivity contribution < 1.29 is 14.6 Å². The molecule has 0 radical (unpaired) electrons. The van der Waals surface area contributed by atoms with Gasteiger partial charge in [0.15, 0.2) is 0 Å². The number of amides is 1. The molecule has 2 aliphatic heterocycles. The molecular weight excluding hydrogens is 414 g/mol. The number of ether oxygens (including phenoxy) is 1. The average Bonchev–Trinajstić information content (AvgIpc) is 2.97. The Morgan fingerprint density at radius 1 is 1.15 bits per heavy atom. The Balaban J connectivity index is 1.51. The zero-order valence-electron chi connectivity index (χ0n) is 19.1. The largest absolute Gasteiger partial charge is 0.465 e. The Hall–Kier alpha value is -3.38. The third kappa shape index (κ3) is 4.18. The van der Waals surface area contributed by atoms with E-state index in [2.05, 4.69) is 41.3 Å². The number of pyridine rings is 1. The van der Waals surface area contributed by atoms with E-state index in [-0.39, 0.29) is 6.04 Å². The zero-order valence-corrected chi connectivity index (χ0v) is 19.1. The Bertz CT molecular complexity index is 1220. The van der Waals surface area contributed by atoms with Gasteiger partial charge in [0.2, 0.25) is 0 Å². The lowest BCUT2D eigenvalue weighted by Crippen LogP contribution is -2.46. The van der Waals surface area contributed by atoms with Crippen molar-refractivity contribution in [3.05, 3.63) is 77.4 Å². The van der Waals surface area contributed by atoms with Crippen molar-refractivity contribution in [3.8, 4) is 0 Å². The van der Waals surface area contributed by atoms with Crippen LogP contribution in [-0.2, 0) is 17.7 Å². The zero-order chi connectivity index (χ0) is 23.0. The molecule has 5 rings (SSSR count). The fraction of sp³-hybridized carbons (Fsp3) is 0.333. The van der Waals surface area contributed by atoms with Gasteiger partial charge in [0, 0.05) is 18.5 Å². The number of anilines is 1. The summed E-state index contributed by atoms with van der Waals surface area (Å²) in [5, 5.41) is 10.8. The Kier molecular flexibility index (Phi) is 5.54. The molecule has 1 unspecified atom stereocenters. The van der Waals surface area contributed by atoms with Crippen molar-refractivity contribution in [2.45, 2.75) is 45.0 Å². The molecule has 170 valence electrons. The normalized spacial score (nSPS) is 20.2. The van der Waals surface area contributed by atoms with Gasteiger partial charge in [-0.05, 0) is 55.5 Å². The van der Waals surface area contributed by atoms with E-state index in [1.165, 1.54) is 16.0 Å². The molecule has 0 bridgehead atoms. The van der Waals surface area contributed by atoms with E-state index in [4.69, 9.17) is 9.72 Å². The minimum Gasteiger partial charge on any atom is -0.465 e. The topological polar surface area (TPSA) is 65.9 Å². The molecule has 0 spiro atoms. The number of benzene rings is 2. The molecule has 3 aromatic rings. The van der Waals surface area contributed by atoms with Crippen molar-refractivity contribution in [2.24, 2.45) is 0 Å². The molecule has 1 fully saturated rings. The highest BCUT2D eigenvalue weighted by atomic mass is 16.5. The number of carboxylic acid groups (broad SMARTS) is 1. The van der Waals surface area contributed by atoms with E-state index in [1.54, 1.807) is 13.8 Å². The van der Waals surface area contributed by atoms with Gasteiger partial charge in [0.25, 0.3) is 0 Å². The second-order valence-electron chi connectivity index (χ2n) is 9.22. The molecule has 1 atom stereocenters. The van der Waals surface area contributed by atoms with E-state index in [0.717, 1.165) is 48.2 Å². The number of nitrogens with zero attached hydrogens (tertiary/aromatic N) is 3. The van der Waals surface area contributed by atoms with E-state index in [1.807, 2.05) is 30.4 Å². The van der Waals surface area contributed by atoms with Crippen LogP contribution in [0.25, 0.3) is 17.0 Å². The molecule has 0 aliphatic carbocycles. The van der Waals surface area contributed by atoms with Crippen molar-refractivity contribution >= 4 is 28.9 Å². The molecule has 1 aromatic heterocycles. The quantitative estimate of drug-likeness (QED) is 0.594. The van der Waals surface area contributed by atoms with E-state index in [9.17, 15) is 9.90 Å². The van der Waals surface area contributed by atoms with Crippen LogP contribution in [0.15, 0.2) is 60.7 Å². The molecule has 3 heterocycles. The van der Waals surface area contributed by atoms with Gasteiger partial charge in [0.1, 0.15) is 11.5 Å². The molecule has 1 amide bonds. The Labute approximate surface area is 194 Å². The van der Waals surface area contributed by atoms with Crippen molar-refractivity contribution in [1.29, 1.82) is 0 Å². The van der Waals surface area contributed by atoms with Crippen molar-refractivity contribution in [2.75, 3.05) is 18.1 Å². The minimum atomic E-state index is -0.976. The Morgan fingerprint density at radius 3 is 2.73 bits per heavy atom. The first-order valence-electron chi connectivity index (χ1n) is 11.5. The van der Waals surface area contributed by atoms with Gasteiger partial charge in [-0.25, -0.2) is 9.78 Å². The number of aryl methyl sites for hydroxylation is 1. The monoisotopic (exact) mass is 443 g/mol. The molecule has 0 saturated carbocycles. The molecular formula is C27H29N3O3.